The normalized spacial score (nSPS) is 17.0. The first-order valence-electron chi connectivity index (χ1n) is 11.9. The Kier molecular flexibility index (Phi) is 4.74. The molecule has 0 N–H and O–H groups in total. The molecule has 34 heavy (non-hydrogen) atoms. The van der Waals surface area contributed by atoms with Gasteiger partial charge < -0.3 is 13.9 Å². The van der Waals surface area contributed by atoms with Crippen LogP contribution in [0, 0.1) is 0 Å². The highest BCUT2D eigenvalue weighted by Gasteiger charge is 2.52. The van der Waals surface area contributed by atoms with E-state index in [0.717, 1.165) is 16.7 Å². The summed E-state index contributed by atoms with van der Waals surface area (Å²) in [7, 11) is -0.419. The van der Waals surface area contributed by atoms with Crippen molar-refractivity contribution in [2.75, 3.05) is 0 Å². The van der Waals surface area contributed by atoms with Gasteiger partial charge in [0, 0.05) is 16.3 Å². The zero-order chi connectivity index (χ0) is 23.5. The third-order valence-corrected chi connectivity index (χ3v) is 7.47. The minimum atomic E-state index is -0.419. The van der Waals surface area contributed by atoms with E-state index in [1.165, 1.54) is 27.4 Å². The van der Waals surface area contributed by atoms with Gasteiger partial charge in [0.2, 0.25) is 0 Å². The fraction of sp³-hybridized carbons (Fsp3) is 0.200. The molecule has 0 radical (unpaired) electrons. The third-order valence-electron chi connectivity index (χ3n) is 7.47. The Morgan fingerprint density at radius 2 is 1.24 bits per heavy atom. The number of fused-ring (bicyclic) bond motifs is 3. The van der Waals surface area contributed by atoms with Crippen LogP contribution in [0.3, 0.4) is 0 Å². The van der Waals surface area contributed by atoms with Crippen LogP contribution in [0.5, 0.6) is 0 Å². The summed E-state index contributed by atoms with van der Waals surface area (Å²) in [6, 6.07) is 34.3. The predicted octanol–water partition coefficient (Wildman–Crippen LogP) is 6.75. The Balaban J connectivity index is 1.64. The van der Waals surface area contributed by atoms with Crippen LogP contribution in [0.2, 0.25) is 0 Å². The zero-order valence-corrected chi connectivity index (χ0v) is 20.1. The number of rotatable bonds is 3. The summed E-state index contributed by atoms with van der Waals surface area (Å²) in [6.07, 6.45) is 0. The van der Waals surface area contributed by atoms with Crippen molar-refractivity contribution in [3.8, 4) is 16.8 Å². The highest BCUT2D eigenvalue weighted by Crippen LogP contribution is 2.39. The van der Waals surface area contributed by atoms with E-state index in [9.17, 15) is 0 Å². The molecule has 5 aromatic rings. The van der Waals surface area contributed by atoms with Gasteiger partial charge in [0.05, 0.1) is 27.9 Å². The molecule has 4 aromatic carbocycles. The third kappa shape index (κ3) is 3.13. The Hall–Kier alpha value is -3.34. The SMILES string of the molecule is CC1(C)OB(c2cccc3c2c2ccccc2n3-c2ccccc2-c2ccccc2)OC1(C)C. The van der Waals surface area contributed by atoms with Crippen molar-refractivity contribution in [3.05, 3.63) is 97.1 Å². The van der Waals surface area contributed by atoms with Gasteiger partial charge in [0.1, 0.15) is 0 Å². The molecule has 0 saturated carbocycles. The summed E-state index contributed by atoms with van der Waals surface area (Å²) in [5, 5.41) is 2.38. The minimum Gasteiger partial charge on any atom is -0.399 e. The summed E-state index contributed by atoms with van der Waals surface area (Å²) in [4.78, 5) is 0. The van der Waals surface area contributed by atoms with Gasteiger partial charge in [-0.2, -0.15) is 0 Å². The standard InChI is InChI=1S/C30H28BNO2/c1-29(2)30(3,4)34-31(33-29)24-17-12-20-27-28(24)23-16-9-11-19-26(23)32(27)25-18-10-8-15-22(25)21-13-6-5-7-14-21/h5-20H,1-4H3. The second-order valence-electron chi connectivity index (χ2n) is 10.1. The molecule has 168 valence electrons. The molecule has 1 fully saturated rings. The van der Waals surface area contributed by atoms with Gasteiger partial charge in [-0.25, -0.2) is 0 Å². The van der Waals surface area contributed by atoms with Crippen LogP contribution in [-0.2, 0) is 9.31 Å². The molecule has 0 atom stereocenters. The first-order valence-corrected chi connectivity index (χ1v) is 11.9. The zero-order valence-electron chi connectivity index (χ0n) is 20.1. The molecule has 6 rings (SSSR count). The van der Waals surface area contributed by atoms with Crippen LogP contribution < -0.4 is 5.46 Å². The maximum Gasteiger partial charge on any atom is 0.495 e. The van der Waals surface area contributed by atoms with Crippen LogP contribution in [0.25, 0.3) is 38.6 Å². The topological polar surface area (TPSA) is 23.4 Å². The molecule has 2 heterocycles. The van der Waals surface area contributed by atoms with Gasteiger partial charge in [-0.05, 0) is 56.9 Å². The molecule has 1 saturated heterocycles. The molecular formula is C30H28BNO2. The van der Waals surface area contributed by atoms with Gasteiger partial charge in [0.25, 0.3) is 0 Å². The van der Waals surface area contributed by atoms with Crippen LogP contribution in [-0.4, -0.2) is 22.9 Å². The summed E-state index contributed by atoms with van der Waals surface area (Å²) >= 11 is 0. The lowest BCUT2D eigenvalue weighted by Gasteiger charge is -2.32. The maximum absolute atomic E-state index is 6.48. The van der Waals surface area contributed by atoms with E-state index in [1.807, 2.05) is 0 Å². The molecule has 4 heteroatoms. The van der Waals surface area contributed by atoms with Gasteiger partial charge in [0.15, 0.2) is 0 Å². The molecule has 0 aliphatic carbocycles. The Labute approximate surface area is 201 Å². The van der Waals surface area contributed by atoms with E-state index in [0.29, 0.717) is 0 Å². The quantitative estimate of drug-likeness (QED) is 0.287. The second-order valence-corrected chi connectivity index (χ2v) is 10.1. The fourth-order valence-electron chi connectivity index (χ4n) is 5.00. The highest BCUT2D eigenvalue weighted by atomic mass is 16.7. The van der Waals surface area contributed by atoms with Crippen LogP contribution in [0.1, 0.15) is 27.7 Å². The molecule has 1 aromatic heterocycles. The second kappa shape index (κ2) is 7.59. The molecular weight excluding hydrogens is 417 g/mol. The molecule has 0 spiro atoms. The number of nitrogens with zero attached hydrogens (tertiary/aromatic N) is 1. The van der Waals surface area contributed by atoms with Crippen LogP contribution in [0.15, 0.2) is 97.1 Å². The van der Waals surface area contributed by atoms with E-state index in [1.54, 1.807) is 0 Å². The van der Waals surface area contributed by atoms with E-state index >= 15 is 0 Å². The maximum atomic E-state index is 6.48. The number of para-hydroxylation sites is 2. The first kappa shape index (κ1) is 21.2. The average molecular weight is 445 g/mol. The predicted molar refractivity (Wildman–Crippen MR) is 142 cm³/mol. The minimum absolute atomic E-state index is 0.391. The highest BCUT2D eigenvalue weighted by molar-refractivity contribution is 6.66. The lowest BCUT2D eigenvalue weighted by Crippen LogP contribution is -2.41. The summed E-state index contributed by atoms with van der Waals surface area (Å²) in [6.45, 7) is 8.41. The largest absolute Gasteiger partial charge is 0.495 e. The monoisotopic (exact) mass is 445 g/mol. The molecule has 0 amide bonds. The smallest absolute Gasteiger partial charge is 0.399 e. The fourth-order valence-corrected chi connectivity index (χ4v) is 5.00. The number of aromatic nitrogens is 1. The number of benzene rings is 4. The Morgan fingerprint density at radius 3 is 2.00 bits per heavy atom. The lowest BCUT2D eigenvalue weighted by atomic mass is 9.76. The Bertz CT molecular complexity index is 1500. The first-order chi connectivity index (χ1) is 16.4. The van der Waals surface area contributed by atoms with E-state index in [2.05, 4.69) is 129 Å². The van der Waals surface area contributed by atoms with Crippen molar-refractivity contribution >= 4 is 34.4 Å². The summed E-state index contributed by atoms with van der Waals surface area (Å²) in [5.74, 6) is 0. The van der Waals surface area contributed by atoms with Crippen molar-refractivity contribution in [1.82, 2.24) is 4.57 Å². The van der Waals surface area contributed by atoms with Gasteiger partial charge in [-0.1, -0.05) is 78.9 Å². The summed E-state index contributed by atoms with van der Waals surface area (Å²) in [5.41, 5.74) is 6.17. The molecule has 0 unspecified atom stereocenters. The summed E-state index contributed by atoms with van der Waals surface area (Å²) < 4.78 is 15.3. The van der Waals surface area contributed by atoms with Gasteiger partial charge in [-0.3, -0.25) is 0 Å². The molecule has 3 nitrogen and oxygen atoms in total. The van der Waals surface area contributed by atoms with Crippen molar-refractivity contribution < 1.29 is 9.31 Å². The van der Waals surface area contributed by atoms with E-state index in [-0.39, 0.29) is 0 Å². The van der Waals surface area contributed by atoms with Crippen molar-refractivity contribution in [2.45, 2.75) is 38.9 Å². The number of hydrogen-bond donors (Lipinski definition) is 0. The van der Waals surface area contributed by atoms with Crippen molar-refractivity contribution in [2.24, 2.45) is 0 Å². The van der Waals surface area contributed by atoms with E-state index in [4.69, 9.17) is 9.31 Å². The van der Waals surface area contributed by atoms with Crippen molar-refractivity contribution in [3.63, 3.8) is 0 Å². The van der Waals surface area contributed by atoms with Gasteiger partial charge >= 0.3 is 7.12 Å². The number of hydrogen-bond acceptors (Lipinski definition) is 2. The average Bonchev–Trinajstić information content (AvgIpc) is 3.29. The Morgan fingerprint density at radius 1 is 0.618 bits per heavy atom. The van der Waals surface area contributed by atoms with E-state index < -0.39 is 18.3 Å². The molecule has 0 bridgehead atoms. The van der Waals surface area contributed by atoms with Crippen LogP contribution in [0.4, 0.5) is 0 Å². The van der Waals surface area contributed by atoms with Gasteiger partial charge in [-0.15, -0.1) is 0 Å². The van der Waals surface area contributed by atoms with Crippen LogP contribution >= 0.6 is 0 Å². The molecule has 1 aliphatic heterocycles. The lowest BCUT2D eigenvalue weighted by molar-refractivity contribution is 0.00578. The molecule has 1 aliphatic rings. The van der Waals surface area contributed by atoms with Crippen molar-refractivity contribution in [1.29, 1.82) is 0 Å².